The largest absolute Gasteiger partial charge is 0.440 e. The highest BCUT2D eigenvalue weighted by Gasteiger charge is 2.23. The van der Waals surface area contributed by atoms with Crippen LogP contribution in [0.15, 0.2) is 46.7 Å². The lowest BCUT2D eigenvalue weighted by atomic mass is 9.98. The van der Waals surface area contributed by atoms with Crippen LogP contribution in [0.2, 0.25) is 0 Å². The zero-order valence-electron chi connectivity index (χ0n) is 7.45. The summed E-state index contributed by atoms with van der Waals surface area (Å²) in [6.45, 7) is 0. The Morgan fingerprint density at radius 3 is 2.93 bits per heavy atom. The maximum absolute atomic E-state index is 8.80. The zero-order chi connectivity index (χ0) is 10.1. The molecule has 1 aliphatic carbocycles. The van der Waals surface area contributed by atoms with Crippen LogP contribution >= 0.6 is 0 Å². The van der Waals surface area contributed by atoms with Crippen molar-refractivity contribution in [3.05, 3.63) is 46.7 Å². The topological polar surface area (TPSA) is 85.1 Å². The van der Waals surface area contributed by atoms with Crippen molar-refractivity contribution in [2.45, 2.75) is 6.42 Å². The van der Waals surface area contributed by atoms with Gasteiger partial charge in [-0.05, 0) is 12.5 Å². The van der Waals surface area contributed by atoms with Crippen molar-refractivity contribution in [1.82, 2.24) is 0 Å². The molecule has 14 heavy (non-hydrogen) atoms. The SMILES string of the molecule is N#CC1=C(N)OC2=CC=CCC2=C1N. The molecule has 2 rings (SSSR count). The summed E-state index contributed by atoms with van der Waals surface area (Å²) >= 11 is 0. The van der Waals surface area contributed by atoms with Crippen molar-refractivity contribution in [3.63, 3.8) is 0 Å². The monoisotopic (exact) mass is 187 g/mol. The third-order valence-electron chi connectivity index (χ3n) is 2.18. The Labute approximate surface area is 81.4 Å². The Morgan fingerprint density at radius 1 is 1.43 bits per heavy atom. The van der Waals surface area contributed by atoms with Crippen molar-refractivity contribution < 1.29 is 4.74 Å². The smallest absolute Gasteiger partial charge is 0.210 e. The van der Waals surface area contributed by atoms with Crippen molar-refractivity contribution in [2.24, 2.45) is 11.5 Å². The molecule has 0 spiro atoms. The van der Waals surface area contributed by atoms with Gasteiger partial charge in [0.25, 0.3) is 0 Å². The summed E-state index contributed by atoms with van der Waals surface area (Å²) in [4.78, 5) is 0. The predicted octanol–water partition coefficient (Wildman–Crippen LogP) is 0.767. The molecule has 0 bridgehead atoms. The second-order valence-electron chi connectivity index (χ2n) is 3.01. The first kappa shape index (κ1) is 8.45. The van der Waals surface area contributed by atoms with E-state index in [9.17, 15) is 0 Å². The first-order chi connectivity index (χ1) is 6.74. The van der Waals surface area contributed by atoms with Gasteiger partial charge in [0.15, 0.2) is 0 Å². The number of fused-ring (bicyclic) bond motifs is 1. The lowest BCUT2D eigenvalue weighted by Crippen LogP contribution is -2.20. The minimum absolute atomic E-state index is 0.0790. The molecule has 0 atom stereocenters. The number of hydrogen-bond donors (Lipinski definition) is 2. The molecule has 4 nitrogen and oxygen atoms in total. The molecule has 0 fully saturated rings. The van der Waals surface area contributed by atoms with Crippen LogP contribution in [0, 0.1) is 11.3 Å². The summed E-state index contributed by atoms with van der Waals surface area (Å²) in [6, 6.07) is 1.93. The molecule has 0 aromatic heterocycles. The van der Waals surface area contributed by atoms with Gasteiger partial charge >= 0.3 is 0 Å². The lowest BCUT2D eigenvalue weighted by molar-refractivity contribution is 0.298. The highest BCUT2D eigenvalue weighted by Crippen LogP contribution is 2.31. The van der Waals surface area contributed by atoms with Gasteiger partial charge in [-0.15, -0.1) is 0 Å². The average Bonchev–Trinajstić information content (AvgIpc) is 2.18. The molecular weight excluding hydrogens is 178 g/mol. The summed E-state index contributed by atoms with van der Waals surface area (Å²) in [7, 11) is 0. The van der Waals surface area contributed by atoms with E-state index < -0.39 is 0 Å². The van der Waals surface area contributed by atoms with Crippen molar-refractivity contribution in [1.29, 1.82) is 5.26 Å². The fraction of sp³-hybridized carbons (Fsp3) is 0.100. The molecule has 0 unspecified atom stereocenters. The Morgan fingerprint density at radius 2 is 2.21 bits per heavy atom. The maximum atomic E-state index is 8.80. The summed E-state index contributed by atoms with van der Waals surface area (Å²) in [5.41, 5.74) is 12.8. The van der Waals surface area contributed by atoms with E-state index in [-0.39, 0.29) is 11.5 Å². The van der Waals surface area contributed by atoms with Crippen LogP contribution in [-0.4, -0.2) is 0 Å². The van der Waals surface area contributed by atoms with E-state index in [1.165, 1.54) is 0 Å². The standard InChI is InChI=1S/C10H9N3O/c11-5-7-9(12)6-3-1-2-4-8(6)14-10(7)13/h1-2,4H,3,12-13H2. The quantitative estimate of drug-likeness (QED) is 0.586. The van der Waals surface area contributed by atoms with Crippen LogP contribution in [0.1, 0.15) is 6.42 Å². The number of nitriles is 1. The van der Waals surface area contributed by atoms with Crippen LogP contribution in [0.5, 0.6) is 0 Å². The van der Waals surface area contributed by atoms with Crippen LogP contribution in [0.4, 0.5) is 0 Å². The van der Waals surface area contributed by atoms with E-state index in [1.807, 2.05) is 18.2 Å². The molecule has 4 heteroatoms. The molecule has 1 aliphatic heterocycles. The molecule has 70 valence electrons. The molecule has 0 saturated heterocycles. The molecule has 0 radical (unpaired) electrons. The normalized spacial score (nSPS) is 19.8. The Kier molecular flexibility index (Phi) is 1.79. The van der Waals surface area contributed by atoms with Crippen LogP contribution < -0.4 is 11.5 Å². The van der Waals surface area contributed by atoms with Crippen molar-refractivity contribution in [3.8, 4) is 6.07 Å². The van der Waals surface area contributed by atoms with Gasteiger partial charge in [-0.2, -0.15) is 5.26 Å². The Hall–Kier alpha value is -2.15. The number of ether oxygens (including phenoxy) is 1. The second-order valence-corrected chi connectivity index (χ2v) is 3.01. The van der Waals surface area contributed by atoms with E-state index in [4.69, 9.17) is 21.5 Å². The van der Waals surface area contributed by atoms with Gasteiger partial charge in [0.1, 0.15) is 17.4 Å². The van der Waals surface area contributed by atoms with Crippen LogP contribution in [0.25, 0.3) is 0 Å². The van der Waals surface area contributed by atoms with Gasteiger partial charge in [-0.3, -0.25) is 0 Å². The number of rotatable bonds is 0. The van der Waals surface area contributed by atoms with E-state index in [2.05, 4.69) is 0 Å². The first-order valence-corrected chi connectivity index (χ1v) is 4.18. The van der Waals surface area contributed by atoms with E-state index in [0.717, 1.165) is 5.57 Å². The second kappa shape index (κ2) is 2.96. The molecule has 1 heterocycles. The molecule has 0 saturated carbocycles. The predicted molar refractivity (Wildman–Crippen MR) is 51.0 cm³/mol. The Balaban J connectivity index is 2.56. The maximum Gasteiger partial charge on any atom is 0.210 e. The van der Waals surface area contributed by atoms with Crippen LogP contribution in [0.3, 0.4) is 0 Å². The summed E-state index contributed by atoms with van der Waals surface area (Å²) in [5.74, 6) is 0.719. The third-order valence-corrected chi connectivity index (χ3v) is 2.18. The van der Waals surface area contributed by atoms with Gasteiger partial charge in [0.05, 0.1) is 5.70 Å². The van der Waals surface area contributed by atoms with Gasteiger partial charge in [0.2, 0.25) is 5.88 Å². The van der Waals surface area contributed by atoms with Gasteiger partial charge in [0, 0.05) is 5.57 Å². The Bertz CT molecular complexity index is 446. The van der Waals surface area contributed by atoms with Crippen LogP contribution in [-0.2, 0) is 4.74 Å². The molecule has 2 aliphatic rings. The van der Waals surface area contributed by atoms with E-state index >= 15 is 0 Å². The number of nitrogens with two attached hydrogens (primary N) is 2. The average molecular weight is 187 g/mol. The fourth-order valence-electron chi connectivity index (χ4n) is 1.45. The lowest BCUT2D eigenvalue weighted by Gasteiger charge is -2.22. The molecular formula is C10H9N3O. The highest BCUT2D eigenvalue weighted by molar-refractivity contribution is 5.54. The summed E-state index contributed by atoms with van der Waals surface area (Å²) in [6.07, 6.45) is 6.28. The fourth-order valence-corrected chi connectivity index (χ4v) is 1.45. The number of hydrogen-bond acceptors (Lipinski definition) is 4. The van der Waals surface area contributed by atoms with E-state index in [0.29, 0.717) is 17.9 Å². The van der Waals surface area contributed by atoms with Gasteiger partial charge in [-0.1, -0.05) is 12.2 Å². The molecule has 0 aromatic carbocycles. The number of allylic oxidation sites excluding steroid dienone is 5. The first-order valence-electron chi connectivity index (χ1n) is 4.18. The van der Waals surface area contributed by atoms with Crippen molar-refractivity contribution in [2.75, 3.05) is 0 Å². The third kappa shape index (κ3) is 1.07. The molecule has 0 amide bonds. The minimum atomic E-state index is 0.0790. The number of nitrogens with zero attached hydrogens (tertiary/aromatic N) is 1. The summed E-state index contributed by atoms with van der Waals surface area (Å²) in [5, 5.41) is 8.80. The van der Waals surface area contributed by atoms with Crippen molar-refractivity contribution >= 4 is 0 Å². The highest BCUT2D eigenvalue weighted by atomic mass is 16.5. The molecule has 4 N–H and O–H groups in total. The molecule has 0 aromatic rings. The zero-order valence-corrected chi connectivity index (χ0v) is 7.45. The van der Waals surface area contributed by atoms with Gasteiger partial charge in [-0.25, -0.2) is 0 Å². The van der Waals surface area contributed by atoms with E-state index in [1.54, 1.807) is 6.08 Å². The summed E-state index contributed by atoms with van der Waals surface area (Å²) < 4.78 is 5.27. The minimum Gasteiger partial charge on any atom is -0.440 e. The van der Waals surface area contributed by atoms with Gasteiger partial charge < -0.3 is 16.2 Å².